The van der Waals surface area contributed by atoms with Gasteiger partial charge in [0.1, 0.15) is 5.75 Å². The predicted octanol–water partition coefficient (Wildman–Crippen LogP) is 6.35. The number of alkyl halides is 3. The maximum Gasteiger partial charge on any atom is 0.496 e. The number of nitrogens with zero attached hydrogens (tertiary/aromatic N) is 1. The Kier molecular flexibility index (Phi) is 6.64. The van der Waals surface area contributed by atoms with Gasteiger partial charge in [0.05, 0.1) is 23.9 Å². The lowest BCUT2D eigenvalue weighted by molar-refractivity contribution is -0.137. The number of ether oxygens (including phenoxy) is 1. The molecule has 0 aliphatic carbocycles. The van der Waals surface area contributed by atoms with Gasteiger partial charge < -0.3 is 18.9 Å². The first-order chi connectivity index (χ1) is 16.4. The molecular weight excluding hydrogens is 454 g/mol. The Bertz CT molecular complexity index is 1150. The molecule has 0 unspecified atom stereocenters. The molecule has 0 atom stereocenters. The van der Waals surface area contributed by atoms with Gasteiger partial charge in [-0.05, 0) is 75.7 Å². The number of para-hydroxylation sites is 1. The molecule has 0 bridgehead atoms. The number of benzene rings is 3. The van der Waals surface area contributed by atoms with E-state index >= 15 is 0 Å². The second-order valence-corrected chi connectivity index (χ2v) is 9.63. The number of hydrogen-bond donors (Lipinski definition) is 0. The molecule has 0 radical (unpaired) electrons. The summed E-state index contributed by atoms with van der Waals surface area (Å²) < 4.78 is 57.5. The first-order valence-electron chi connectivity index (χ1n) is 11.4. The van der Waals surface area contributed by atoms with E-state index in [1.807, 2.05) is 81.1 Å². The maximum atomic E-state index is 13.2. The van der Waals surface area contributed by atoms with Gasteiger partial charge in [0.2, 0.25) is 0 Å². The fraction of sp³-hybridized carbons (Fsp3) is 0.333. The third-order valence-corrected chi connectivity index (χ3v) is 6.74. The molecule has 3 aromatic rings. The van der Waals surface area contributed by atoms with E-state index in [2.05, 4.69) is 0 Å². The first-order valence-corrected chi connectivity index (χ1v) is 11.4. The molecule has 0 spiro atoms. The number of anilines is 2. The van der Waals surface area contributed by atoms with Crippen LogP contribution in [0, 0.1) is 0 Å². The minimum absolute atomic E-state index is 0.422. The van der Waals surface area contributed by atoms with Gasteiger partial charge in [0.25, 0.3) is 0 Å². The van der Waals surface area contributed by atoms with Crippen LogP contribution in [0.1, 0.15) is 38.8 Å². The van der Waals surface area contributed by atoms with Crippen molar-refractivity contribution in [3.05, 3.63) is 83.9 Å². The summed E-state index contributed by atoms with van der Waals surface area (Å²) >= 11 is 0. The summed E-state index contributed by atoms with van der Waals surface area (Å²) in [6.07, 6.45) is -4.40. The van der Waals surface area contributed by atoms with E-state index in [0.29, 0.717) is 12.2 Å². The first kappa shape index (κ1) is 25.1. The summed E-state index contributed by atoms with van der Waals surface area (Å²) in [5.74, 6) is 0.729. The number of rotatable bonds is 6. The molecule has 0 amide bonds. The molecule has 3 aromatic carbocycles. The lowest BCUT2D eigenvalue weighted by Crippen LogP contribution is -2.41. The van der Waals surface area contributed by atoms with Crippen molar-refractivity contribution in [3.63, 3.8) is 0 Å². The van der Waals surface area contributed by atoms with Crippen molar-refractivity contribution in [1.29, 1.82) is 0 Å². The second kappa shape index (κ2) is 9.24. The molecule has 35 heavy (non-hydrogen) atoms. The molecule has 1 aliphatic heterocycles. The van der Waals surface area contributed by atoms with Crippen molar-refractivity contribution in [2.24, 2.45) is 0 Å². The number of methoxy groups -OCH3 is 1. The van der Waals surface area contributed by atoms with Crippen LogP contribution in [-0.2, 0) is 22.0 Å². The monoisotopic (exact) mass is 483 g/mol. The fourth-order valence-corrected chi connectivity index (χ4v) is 3.96. The molecule has 0 aromatic heterocycles. The summed E-state index contributed by atoms with van der Waals surface area (Å²) in [6, 6.07) is 20.5. The van der Waals surface area contributed by atoms with Gasteiger partial charge in [-0.25, -0.2) is 0 Å². The van der Waals surface area contributed by atoms with Crippen LogP contribution in [0.5, 0.6) is 5.75 Å². The summed E-state index contributed by atoms with van der Waals surface area (Å²) in [5, 5.41) is 0. The fourth-order valence-electron chi connectivity index (χ4n) is 3.96. The molecule has 8 heteroatoms. The van der Waals surface area contributed by atoms with E-state index in [-0.39, 0.29) is 0 Å². The average Bonchev–Trinajstić information content (AvgIpc) is 3.04. The van der Waals surface area contributed by atoms with Crippen LogP contribution in [0.2, 0.25) is 0 Å². The average molecular weight is 483 g/mol. The molecule has 1 saturated heterocycles. The van der Waals surface area contributed by atoms with Gasteiger partial charge in [0.15, 0.2) is 0 Å². The zero-order valence-electron chi connectivity index (χ0n) is 20.5. The lowest BCUT2D eigenvalue weighted by Gasteiger charge is -2.32. The van der Waals surface area contributed by atoms with Gasteiger partial charge in [-0.1, -0.05) is 30.3 Å². The Morgan fingerprint density at radius 3 is 1.94 bits per heavy atom. The molecule has 184 valence electrons. The van der Waals surface area contributed by atoms with Crippen LogP contribution in [0.3, 0.4) is 0 Å². The highest BCUT2D eigenvalue weighted by Gasteiger charge is 2.52. The number of hydrogen-bond acceptors (Lipinski definition) is 4. The van der Waals surface area contributed by atoms with Crippen LogP contribution >= 0.6 is 0 Å². The molecule has 1 heterocycles. The molecule has 0 saturated carbocycles. The highest BCUT2D eigenvalue weighted by molar-refractivity contribution is 6.64. The molecule has 1 aliphatic rings. The van der Waals surface area contributed by atoms with Crippen molar-refractivity contribution in [2.75, 3.05) is 12.0 Å². The summed E-state index contributed by atoms with van der Waals surface area (Å²) in [5.41, 5.74) is 1.44. The maximum absolute atomic E-state index is 13.2. The van der Waals surface area contributed by atoms with Crippen LogP contribution in [0.4, 0.5) is 24.5 Å². The van der Waals surface area contributed by atoms with Crippen molar-refractivity contribution >= 4 is 24.0 Å². The van der Waals surface area contributed by atoms with Crippen LogP contribution in [0.15, 0.2) is 72.8 Å². The SMILES string of the molecule is COc1ccc(CN(c2ccc(C(F)(F)F)cc2)c2ccccc2B2OC(C)(C)C(C)(C)O2)cc1. The van der Waals surface area contributed by atoms with E-state index in [0.717, 1.165) is 34.6 Å². The lowest BCUT2D eigenvalue weighted by atomic mass is 9.77. The van der Waals surface area contributed by atoms with Gasteiger partial charge >= 0.3 is 13.3 Å². The van der Waals surface area contributed by atoms with Gasteiger partial charge in [-0.3, -0.25) is 0 Å². The molecule has 4 nitrogen and oxygen atoms in total. The van der Waals surface area contributed by atoms with Crippen LogP contribution in [-0.4, -0.2) is 25.4 Å². The van der Waals surface area contributed by atoms with E-state index in [1.54, 1.807) is 7.11 Å². The molecular formula is C27H29BF3NO3. The Balaban J connectivity index is 1.77. The summed E-state index contributed by atoms with van der Waals surface area (Å²) in [6.45, 7) is 8.37. The minimum atomic E-state index is -4.40. The smallest absolute Gasteiger partial charge is 0.496 e. The standard InChI is InChI=1S/C27H29BF3NO3/c1-25(2)26(3,4)35-28(34-25)23-8-6-7-9-24(23)32(18-19-10-16-22(33-5)17-11-19)21-14-12-20(13-15-21)27(29,30)31/h6-17H,18H2,1-5H3. The summed E-state index contributed by atoms with van der Waals surface area (Å²) in [7, 11) is 0.980. The minimum Gasteiger partial charge on any atom is -0.497 e. The molecule has 0 N–H and O–H groups in total. The molecule has 4 rings (SSSR count). The van der Waals surface area contributed by atoms with E-state index in [4.69, 9.17) is 14.0 Å². The Morgan fingerprint density at radius 1 is 0.829 bits per heavy atom. The largest absolute Gasteiger partial charge is 0.497 e. The van der Waals surface area contributed by atoms with Crippen LogP contribution < -0.4 is 15.1 Å². The van der Waals surface area contributed by atoms with Gasteiger partial charge in [-0.15, -0.1) is 0 Å². The second-order valence-electron chi connectivity index (χ2n) is 9.63. The third-order valence-electron chi connectivity index (χ3n) is 6.74. The predicted molar refractivity (Wildman–Crippen MR) is 132 cm³/mol. The van der Waals surface area contributed by atoms with Gasteiger partial charge in [-0.2, -0.15) is 13.2 Å². The Hall–Kier alpha value is -2.97. The van der Waals surface area contributed by atoms with Crippen molar-refractivity contribution < 1.29 is 27.2 Å². The highest BCUT2D eigenvalue weighted by atomic mass is 19.4. The Labute approximate surface area is 204 Å². The van der Waals surface area contributed by atoms with E-state index < -0.39 is 30.1 Å². The highest BCUT2D eigenvalue weighted by Crippen LogP contribution is 2.38. The van der Waals surface area contributed by atoms with Crippen molar-refractivity contribution in [1.82, 2.24) is 0 Å². The summed E-state index contributed by atoms with van der Waals surface area (Å²) in [4.78, 5) is 1.97. The zero-order chi connectivity index (χ0) is 25.4. The zero-order valence-corrected chi connectivity index (χ0v) is 20.5. The quantitative estimate of drug-likeness (QED) is 0.383. The topological polar surface area (TPSA) is 30.9 Å². The molecule has 1 fully saturated rings. The van der Waals surface area contributed by atoms with E-state index in [1.165, 1.54) is 12.1 Å². The van der Waals surface area contributed by atoms with Crippen LogP contribution in [0.25, 0.3) is 0 Å². The number of halogens is 3. The Morgan fingerprint density at radius 2 is 1.40 bits per heavy atom. The normalized spacial score (nSPS) is 16.9. The third kappa shape index (κ3) is 5.18. The van der Waals surface area contributed by atoms with Crippen molar-refractivity contribution in [2.45, 2.75) is 51.6 Å². The van der Waals surface area contributed by atoms with E-state index in [9.17, 15) is 13.2 Å². The van der Waals surface area contributed by atoms with Crippen molar-refractivity contribution in [3.8, 4) is 5.75 Å². The van der Waals surface area contributed by atoms with Gasteiger partial charge in [0, 0.05) is 23.4 Å².